The van der Waals surface area contributed by atoms with Crippen LogP contribution in [0.1, 0.15) is 23.9 Å². The van der Waals surface area contributed by atoms with Gasteiger partial charge in [-0.25, -0.2) is 9.97 Å². The minimum Gasteiger partial charge on any atom is -0.481 e. The largest absolute Gasteiger partial charge is 0.481 e. The highest BCUT2D eigenvalue weighted by molar-refractivity contribution is 6.30. The first-order valence-electron chi connectivity index (χ1n) is 6.71. The van der Waals surface area contributed by atoms with Gasteiger partial charge in [-0.1, -0.05) is 30.7 Å². The predicted molar refractivity (Wildman–Crippen MR) is 82.5 cm³/mol. The molecule has 1 aromatic heterocycles. The monoisotopic (exact) mass is 304 g/mol. The lowest BCUT2D eigenvalue weighted by molar-refractivity contribution is -0.141. The Morgan fingerprint density at radius 3 is 2.43 bits per heavy atom. The van der Waals surface area contributed by atoms with Gasteiger partial charge in [0.2, 0.25) is 0 Å². The molecule has 0 saturated heterocycles. The molecule has 21 heavy (non-hydrogen) atoms. The Kier molecular flexibility index (Phi) is 4.58. The normalized spacial score (nSPS) is 12.2. The Hall–Kier alpha value is -1.94. The van der Waals surface area contributed by atoms with Crippen molar-refractivity contribution in [3.63, 3.8) is 0 Å². The van der Waals surface area contributed by atoms with Gasteiger partial charge in [-0.3, -0.25) is 4.79 Å². The van der Waals surface area contributed by atoms with Crippen molar-refractivity contribution in [2.24, 2.45) is 5.92 Å². The molecule has 0 spiro atoms. The summed E-state index contributed by atoms with van der Waals surface area (Å²) in [6.07, 6.45) is 0.433. The molecular formula is C16H17ClN2O2. The number of aryl methyl sites for hydroxylation is 2. The van der Waals surface area contributed by atoms with Crippen LogP contribution in [0, 0.1) is 19.8 Å². The van der Waals surface area contributed by atoms with Crippen molar-refractivity contribution < 1.29 is 9.90 Å². The molecule has 0 saturated carbocycles. The average Bonchev–Trinajstić information content (AvgIpc) is 2.42. The fraction of sp³-hybridized carbons (Fsp3) is 0.312. The van der Waals surface area contributed by atoms with Crippen LogP contribution in [-0.4, -0.2) is 21.0 Å². The van der Waals surface area contributed by atoms with Crippen LogP contribution in [-0.2, 0) is 11.2 Å². The average molecular weight is 305 g/mol. The number of halogens is 1. The van der Waals surface area contributed by atoms with Gasteiger partial charge in [-0.15, -0.1) is 0 Å². The van der Waals surface area contributed by atoms with Crippen molar-refractivity contribution in [1.29, 1.82) is 0 Å². The fourth-order valence-corrected chi connectivity index (χ4v) is 2.38. The predicted octanol–water partition coefficient (Wildman–Crippen LogP) is 3.68. The number of carboxylic acids is 1. The van der Waals surface area contributed by atoms with Gasteiger partial charge in [0.25, 0.3) is 0 Å². The molecule has 1 unspecified atom stereocenters. The molecule has 1 N–H and O–H groups in total. The molecule has 0 radical (unpaired) electrons. The third-order valence-electron chi connectivity index (χ3n) is 3.44. The van der Waals surface area contributed by atoms with Crippen LogP contribution in [0.3, 0.4) is 0 Å². The highest BCUT2D eigenvalue weighted by atomic mass is 35.5. The van der Waals surface area contributed by atoms with E-state index in [-0.39, 0.29) is 0 Å². The molecule has 2 rings (SSSR count). The van der Waals surface area contributed by atoms with E-state index in [1.165, 1.54) is 0 Å². The quantitative estimate of drug-likeness (QED) is 0.936. The number of benzene rings is 1. The number of aromatic nitrogens is 2. The molecule has 0 aliphatic carbocycles. The first-order chi connectivity index (χ1) is 9.88. The van der Waals surface area contributed by atoms with Crippen LogP contribution in [0.25, 0.3) is 11.4 Å². The second-order valence-electron chi connectivity index (χ2n) is 5.15. The van der Waals surface area contributed by atoms with Gasteiger partial charge in [0.05, 0.1) is 5.92 Å². The highest BCUT2D eigenvalue weighted by Crippen LogP contribution is 2.23. The van der Waals surface area contributed by atoms with Gasteiger partial charge in [0.1, 0.15) is 0 Å². The summed E-state index contributed by atoms with van der Waals surface area (Å²) in [7, 11) is 0. The number of carboxylic acid groups (broad SMARTS) is 1. The maximum absolute atomic E-state index is 11.0. The molecule has 0 aliphatic rings. The van der Waals surface area contributed by atoms with Crippen LogP contribution >= 0.6 is 11.6 Å². The summed E-state index contributed by atoms with van der Waals surface area (Å²) < 4.78 is 0. The lowest BCUT2D eigenvalue weighted by Crippen LogP contribution is -2.15. The number of rotatable bonds is 4. The Morgan fingerprint density at radius 1 is 1.29 bits per heavy atom. The molecule has 0 fully saturated rings. The van der Waals surface area contributed by atoms with E-state index in [2.05, 4.69) is 9.97 Å². The van der Waals surface area contributed by atoms with E-state index in [4.69, 9.17) is 16.7 Å². The lowest BCUT2D eigenvalue weighted by atomic mass is 9.99. The van der Waals surface area contributed by atoms with Crippen molar-refractivity contribution in [2.75, 3.05) is 0 Å². The van der Waals surface area contributed by atoms with Crippen molar-refractivity contribution in [3.8, 4) is 11.4 Å². The molecule has 110 valence electrons. The number of hydrogen-bond donors (Lipinski definition) is 1. The van der Waals surface area contributed by atoms with Crippen molar-refractivity contribution >= 4 is 17.6 Å². The zero-order chi connectivity index (χ0) is 15.6. The minimum absolute atomic E-state index is 0.433. The van der Waals surface area contributed by atoms with Crippen molar-refractivity contribution in [1.82, 2.24) is 9.97 Å². The summed E-state index contributed by atoms with van der Waals surface area (Å²) >= 11 is 5.99. The van der Waals surface area contributed by atoms with Gasteiger partial charge in [0, 0.05) is 22.0 Å². The molecular weight excluding hydrogens is 288 g/mol. The number of aliphatic carboxylic acids is 1. The van der Waals surface area contributed by atoms with Gasteiger partial charge < -0.3 is 5.11 Å². The summed E-state index contributed by atoms with van der Waals surface area (Å²) in [6, 6.07) is 7.37. The molecule has 5 heteroatoms. The summed E-state index contributed by atoms with van der Waals surface area (Å²) in [5.74, 6) is -0.657. The molecule has 0 bridgehead atoms. The minimum atomic E-state index is -0.812. The van der Waals surface area contributed by atoms with Gasteiger partial charge in [0.15, 0.2) is 5.82 Å². The summed E-state index contributed by atoms with van der Waals surface area (Å²) in [5, 5.41) is 9.67. The van der Waals surface area contributed by atoms with Crippen LogP contribution in [0.2, 0.25) is 5.02 Å². The van der Waals surface area contributed by atoms with E-state index in [1.807, 2.05) is 32.0 Å². The maximum Gasteiger partial charge on any atom is 0.306 e. The van der Waals surface area contributed by atoms with E-state index in [0.717, 1.165) is 22.5 Å². The van der Waals surface area contributed by atoms with E-state index < -0.39 is 11.9 Å². The van der Waals surface area contributed by atoms with Crippen molar-refractivity contribution in [3.05, 3.63) is 46.2 Å². The zero-order valence-corrected chi connectivity index (χ0v) is 13.0. The number of carbonyl (C=O) groups is 1. The molecule has 4 nitrogen and oxygen atoms in total. The van der Waals surface area contributed by atoms with Crippen LogP contribution in [0.15, 0.2) is 24.3 Å². The van der Waals surface area contributed by atoms with Gasteiger partial charge in [-0.05, 0) is 38.0 Å². The highest BCUT2D eigenvalue weighted by Gasteiger charge is 2.17. The number of nitrogens with zero attached hydrogens (tertiary/aromatic N) is 2. The van der Waals surface area contributed by atoms with E-state index in [0.29, 0.717) is 17.3 Å². The number of hydrogen-bond acceptors (Lipinski definition) is 3. The molecule has 2 aromatic rings. The molecule has 1 heterocycles. The summed E-state index contributed by atoms with van der Waals surface area (Å²) in [4.78, 5) is 20.0. The standard InChI is InChI=1S/C16H17ClN2O2/c1-9(16(20)21)7-14-10(2)18-15(19-11(14)3)12-5-4-6-13(17)8-12/h4-6,8-9H,7H2,1-3H3,(H,20,21). The topological polar surface area (TPSA) is 63.1 Å². The first kappa shape index (κ1) is 15.4. The van der Waals surface area contributed by atoms with Crippen LogP contribution in [0.4, 0.5) is 0 Å². The van der Waals surface area contributed by atoms with E-state index in [9.17, 15) is 4.79 Å². The Morgan fingerprint density at radius 2 is 1.90 bits per heavy atom. The smallest absolute Gasteiger partial charge is 0.306 e. The van der Waals surface area contributed by atoms with Gasteiger partial charge >= 0.3 is 5.97 Å². The lowest BCUT2D eigenvalue weighted by Gasteiger charge is -2.13. The summed E-state index contributed by atoms with van der Waals surface area (Å²) in [6.45, 7) is 5.45. The van der Waals surface area contributed by atoms with Gasteiger partial charge in [-0.2, -0.15) is 0 Å². The molecule has 0 amide bonds. The maximum atomic E-state index is 11.0. The van der Waals surface area contributed by atoms with E-state index >= 15 is 0 Å². The second kappa shape index (κ2) is 6.22. The fourth-order valence-electron chi connectivity index (χ4n) is 2.19. The molecule has 1 atom stereocenters. The Bertz CT molecular complexity index is 663. The Balaban J connectivity index is 2.39. The third-order valence-corrected chi connectivity index (χ3v) is 3.67. The van der Waals surface area contributed by atoms with Crippen LogP contribution < -0.4 is 0 Å². The summed E-state index contributed by atoms with van der Waals surface area (Å²) in [5.41, 5.74) is 3.37. The Labute approximate surface area is 128 Å². The second-order valence-corrected chi connectivity index (χ2v) is 5.59. The van der Waals surface area contributed by atoms with Crippen LogP contribution in [0.5, 0.6) is 0 Å². The molecule has 0 aliphatic heterocycles. The SMILES string of the molecule is Cc1nc(-c2cccc(Cl)c2)nc(C)c1CC(C)C(=O)O. The molecule has 1 aromatic carbocycles. The third kappa shape index (κ3) is 3.58. The first-order valence-corrected chi connectivity index (χ1v) is 7.09. The zero-order valence-electron chi connectivity index (χ0n) is 12.2. The van der Waals surface area contributed by atoms with E-state index in [1.54, 1.807) is 13.0 Å². The van der Waals surface area contributed by atoms with Crippen molar-refractivity contribution in [2.45, 2.75) is 27.2 Å².